The highest BCUT2D eigenvalue weighted by Crippen LogP contribution is 2.08. The van der Waals surface area contributed by atoms with E-state index >= 15 is 0 Å². The zero-order valence-electron chi connectivity index (χ0n) is 13.5. The maximum Gasteiger partial charge on any atom is 0.329 e. The number of hydrogen-bond acceptors (Lipinski definition) is 4. The Morgan fingerprint density at radius 1 is 1.05 bits per heavy atom. The van der Waals surface area contributed by atoms with Crippen LogP contribution >= 0.6 is 0 Å². The van der Waals surface area contributed by atoms with E-state index in [1.54, 1.807) is 27.7 Å². The molecule has 120 valence electrons. The van der Waals surface area contributed by atoms with Crippen molar-refractivity contribution in [3.63, 3.8) is 0 Å². The van der Waals surface area contributed by atoms with Crippen LogP contribution in [0.25, 0.3) is 0 Å². The van der Waals surface area contributed by atoms with Crippen LogP contribution in [0.3, 0.4) is 0 Å². The fraction of sp³-hybridized carbons (Fsp3) is 0.471. The van der Waals surface area contributed by atoms with Crippen molar-refractivity contribution in [3.05, 3.63) is 35.9 Å². The lowest BCUT2D eigenvalue weighted by Gasteiger charge is -2.21. The van der Waals surface area contributed by atoms with Gasteiger partial charge < -0.3 is 10.1 Å². The van der Waals surface area contributed by atoms with Crippen molar-refractivity contribution in [2.75, 3.05) is 0 Å². The van der Waals surface area contributed by atoms with Crippen LogP contribution in [-0.4, -0.2) is 23.7 Å². The first-order valence-electron chi connectivity index (χ1n) is 7.38. The predicted molar refractivity (Wildman–Crippen MR) is 82.9 cm³/mol. The van der Waals surface area contributed by atoms with Gasteiger partial charge in [0.05, 0.1) is 0 Å². The Hall–Kier alpha value is -2.17. The van der Waals surface area contributed by atoms with Crippen LogP contribution in [0, 0.1) is 11.8 Å². The van der Waals surface area contributed by atoms with Gasteiger partial charge in [-0.15, -0.1) is 0 Å². The summed E-state index contributed by atoms with van der Waals surface area (Å²) in [5.41, 5.74) is 0.864. The number of nitrogens with one attached hydrogen (secondary N) is 1. The van der Waals surface area contributed by atoms with Gasteiger partial charge >= 0.3 is 5.97 Å². The van der Waals surface area contributed by atoms with Gasteiger partial charge in [0.1, 0.15) is 12.6 Å². The smallest absolute Gasteiger partial charge is 0.329 e. The second-order valence-corrected chi connectivity index (χ2v) is 5.81. The lowest BCUT2D eigenvalue weighted by atomic mass is 10.0. The van der Waals surface area contributed by atoms with Gasteiger partial charge in [0.15, 0.2) is 0 Å². The minimum absolute atomic E-state index is 0.136. The molecule has 22 heavy (non-hydrogen) atoms. The summed E-state index contributed by atoms with van der Waals surface area (Å²) in [4.78, 5) is 35.6. The Morgan fingerprint density at radius 2 is 1.64 bits per heavy atom. The molecule has 0 aromatic heterocycles. The molecule has 1 amide bonds. The van der Waals surface area contributed by atoms with E-state index < -0.39 is 29.6 Å². The fourth-order valence-electron chi connectivity index (χ4n) is 1.79. The van der Waals surface area contributed by atoms with Crippen LogP contribution in [0.4, 0.5) is 0 Å². The van der Waals surface area contributed by atoms with E-state index in [1.165, 1.54) is 0 Å². The highest BCUT2D eigenvalue weighted by Gasteiger charge is 2.28. The van der Waals surface area contributed by atoms with Gasteiger partial charge in [-0.05, 0) is 11.5 Å². The summed E-state index contributed by atoms with van der Waals surface area (Å²) in [5.74, 6) is -2.41. The average molecular weight is 305 g/mol. The van der Waals surface area contributed by atoms with Crippen molar-refractivity contribution in [2.45, 2.75) is 40.3 Å². The van der Waals surface area contributed by atoms with E-state index in [-0.39, 0.29) is 12.5 Å². The van der Waals surface area contributed by atoms with Gasteiger partial charge in [-0.3, -0.25) is 9.59 Å². The molecule has 0 aliphatic heterocycles. The quantitative estimate of drug-likeness (QED) is 0.618. The molecule has 5 nitrogen and oxygen atoms in total. The van der Waals surface area contributed by atoms with E-state index in [2.05, 4.69) is 5.32 Å². The van der Waals surface area contributed by atoms with Gasteiger partial charge in [-0.25, -0.2) is 4.79 Å². The molecular formula is C17H23NO4. The Balaban J connectivity index is 2.64. The standard InChI is InChI=1S/C17H23NO4/c1-11(2)14(18-16(20)15(19)12(3)4)17(21)22-10-13-8-6-5-7-9-13/h5-9,11-12,14H,10H2,1-4H3,(H,18,20)/t14-/m0/s1. The SMILES string of the molecule is CC(C)C(=O)C(=O)N[C@H](C(=O)OCc1ccccc1)C(C)C. The van der Waals surface area contributed by atoms with Gasteiger partial charge in [0, 0.05) is 5.92 Å². The summed E-state index contributed by atoms with van der Waals surface area (Å²) in [7, 11) is 0. The number of hydrogen-bond donors (Lipinski definition) is 1. The van der Waals surface area contributed by atoms with E-state index in [0.717, 1.165) is 5.56 Å². The van der Waals surface area contributed by atoms with Crippen molar-refractivity contribution in [2.24, 2.45) is 11.8 Å². The second kappa shape index (κ2) is 8.32. The third-order valence-electron chi connectivity index (χ3n) is 3.18. The van der Waals surface area contributed by atoms with Crippen molar-refractivity contribution < 1.29 is 19.1 Å². The first-order chi connectivity index (χ1) is 10.3. The van der Waals surface area contributed by atoms with Crippen LogP contribution in [0.1, 0.15) is 33.3 Å². The van der Waals surface area contributed by atoms with Crippen LogP contribution in [0.5, 0.6) is 0 Å². The molecule has 1 rings (SSSR count). The number of esters is 1. The maximum atomic E-state index is 12.1. The Morgan fingerprint density at radius 3 is 2.14 bits per heavy atom. The summed E-state index contributed by atoms with van der Waals surface area (Å²) in [6.07, 6.45) is 0. The average Bonchev–Trinajstić information content (AvgIpc) is 2.49. The summed E-state index contributed by atoms with van der Waals surface area (Å²) < 4.78 is 5.23. The number of rotatable bonds is 7. The molecule has 0 aliphatic carbocycles. The minimum atomic E-state index is -0.834. The monoisotopic (exact) mass is 305 g/mol. The Bertz CT molecular complexity index is 523. The molecule has 0 heterocycles. The molecule has 1 atom stereocenters. The van der Waals surface area contributed by atoms with Crippen LogP contribution in [0.2, 0.25) is 0 Å². The molecule has 0 saturated heterocycles. The molecule has 1 aromatic carbocycles. The normalized spacial score (nSPS) is 12.1. The van der Waals surface area contributed by atoms with Crippen molar-refractivity contribution in [1.29, 1.82) is 0 Å². The molecule has 1 aromatic rings. The van der Waals surface area contributed by atoms with Crippen LogP contribution in [-0.2, 0) is 25.7 Å². The molecule has 0 fully saturated rings. The zero-order chi connectivity index (χ0) is 16.7. The molecule has 0 bridgehead atoms. The number of benzene rings is 1. The maximum absolute atomic E-state index is 12.1. The number of ketones is 1. The van der Waals surface area contributed by atoms with Gasteiger partial charge in [0.25, 0.3) is 5.91 Å². The Labute approximate surface area is 131 Å². The number of carbonyl (C=O) groups excluding carboxylic acids is 3. The molecule has 5 heteroatoms. The van der Waals surface area contributed by atoms with Crippen molar-refractivity contribution >= 4 is 17.7 Å². The van der Waals surface area contributed by atoms with Crippen molar-refractivity contribution in [3.8, 4) is 0 Å². The first kappa shape index (κ1) is 17.9. The van der Waals surface area contributed by atoms with E-state index in [1.807, 2.05) is 30.3 Å². The molecule has 0 spiro atoms. The van der Waals surface area contributed by atoms with Crippen LogP contribution in [0.15, 0.2) is 30.3 Å². The Kier molecular flexibility index (Phi) is 6.76. The highest BCUT2D eigenvalue weighted by molar-refractivity contribution is 6.37. The lowest BCUT2D eigenvalue weighted by Crippen LogP contribution is -2.48. The van der Waals surface area contributed by atoms with E-state index in [9.17, 15) is 14.4 Å². The topological polar surface area (TPSA) is 72.5 Å². The predicted octanol–water partition coefficient (Wildman–Crippen LogP) is 2.10. The molecule has 0 unspecified atom stereocenters. The van der Waals surface area contributed by atoms with Gasteiger partial charge in [0.2, 0.25) is 5.78 Å². The summed E-state index contributed by atoms with van der Waals surface area (Å²) in [6.45, 7) is 6.99. The third-order valence-corrected chi connectivity index (χ3v) is 3.18. The largest absolute Gasteiger partial charge is 0.459 e. The zero-order valence-corrected chi connectivity index (χ0v) is 13.5. The first-order valence-corrected chi connectivity index (χ1v) is 7.38. The number of ether oxygens (including phenoxy) is 1. The summed E-state index contributed by atoms with van der Waals surface area (Å²) in [5, 5.41) is 2.47. The molecule has 1 N–H and O–H groups in total. The molecule has 0 aliphatic rings. The number of carbonyl (C=O) groups is 3. The lowest BCUT2D eigenvalue weighted by molar-refractivity contribution is -0.151. The number of amides is 1. The molecule has 0 saturated carbocycles. The second-order valence-electron chi connectivity index (χ2n) is 5.81. The fourth-order valence-corrected chi connectivity index (χ4v) is 1.79. The third kappa shape index (κ3) is 5.31. The number of Topliss-reactive ketones (excluding diaryl/α,β-unsaturated/α-hetero) is 1. The van der Waals surface area contributed by atoms with E-state index in [0.29, 0.717) is 0 Å². The highest BCUT2D eigenvalue weighted by atomic mass is 16.5. The molecular weight excluding hydrogens is 282 g/mol. The summed E-state index contributed by atoms with van der Waals surface area (Å²) >= 11 is 0. The van der Waals surface area contributed by atoms with Gasteiger partial charge in [-0.1, -0.05) is 58.0 Å². The van der Waals surface area contributed by atoms with Gasteiger partial charge in [-0.2, -0.15) is 0 Å². The van der Waals surface area contributed by atoms with Crippen LogP contribution < -0.4 is 5.32 Å². The van der Waals surface area contributed by atoms with E-state index in [4.69, 9.17) is 4.74 Å². The molecule has 0 radical (unpaired) electrons. The summed E-state index contributed by atoms with van der Waals surface area (Å²) in [6, 6.07) is 8.44. The van der Waals surface area contributed by atoms with Crippen molar-refractivity contribution in [1.82, 2.24) is 5.32 Å². The minimum Gasteiger partial charge on any atom is -0.459 e.